The number of aliphatic hydroxyl groups excluding tert-OH is 2. The first-order valence-corrected chi connectivity index (χ1v) is 3.91. The minimum absolute atomic E-state index is 0.399. The molecular formula is C8H20O3. The Labute approximate surface area is 68.7 Å². The van der Waals surface area contributed by atoms with Gasteiger partial charge in [-0.2, -0.15) is 0 Å². The third-order valence-corrected chi connectivity index (χ3v) is 0.988. The van der Waals surface area contributed by atoms with Gasteiger partial charge in [0.2, 0.25) is 0 Å². The van der Waals surface area contributed by atoms with Gasteiger partial charge in [0.1, 0.15) is 6.10 Å². The van der Waals surface area contributed by atoms with Gasteiger partial charge in [0.05, 0.1) is 12.2 Å². The monoisotopic (exact) mass is 164 g/mol. The highest BCUT2D eigenvalue weighted by atomic mass is 16.4. The van der Waals surface area contributed by atoms with Gasteiger partial charge in [-0.25, -0.2) is 0 Å². The lowest BCUT2D eigenvalue weighted by atomic mass is 10.0. The Kier molecular flexibility index (Phi) is 8.06. The molecule has 70 valence electrons. The van der Waals surface area contributed by atoms with Crippen LogP contribution >= 0.6 is 0 Å². The standard InChI is InChI=1S/C5H12O3.C3H8/c1-5(2,8)4(7)3-6;1-3-2/h4,6-8H,3H2,1-2H3;3H2,1-2H3/t4-;/m0./s1. The fourth-order valence-electron chi connectivity index (χ4n) is 0.223. The smallest absolute Gasteiger partial charge is 0.105 e. The van der Waals surface area contributed by atoms with E-state index in [0.29, 0.717) is 0 Å². The second kappa shape index (κ2) is 6.58. The molecule has 11 heavy (non-hydrogen) atoms. The molecule has 0 aliphatic carbocycles. The van der Waals surface area contributed by atoms with E-state index in [1.807, 2.05) is 0 Å². The molecule has 3 N–H and O–H groups in total. The van der Waals surface area contributed by atoms with Gasteiger partial charge < -0.3 is 15.3 Å². The van der Waals surface area contributed by atoms with E-state index >= 15 is 0 Å². The fraction of sp³-hybridized carbons (Fsp3) is 1.00. The quantitative estimate of drug-likeness (QED) is 0.558. The summed E-state index contributed by atoms with van der Waals surface area (Å²) >= 11 is 0. The Balaban J connectivity index is 0. The van der Waals surface area contributed by atoms with Crippen molar-refractivity contribution in [3.63, 3.8) is 0 Å². The van der Waals surface area contributed by atoms with Crippen LogP contribution in [0, 0.1) is 0 Å². The Morgan fingerprint density at radius 3 is 1.55 bits per heavy atom. The molecule has 3 heteroatoms. The number of hydrogen-bond acceptors (Lipinski definition) is 3. The lowest BCUT2D eigenvalue weighted by Gasteiger charge is -2.21. The van der Waals surface area contributed by atoms with E-state index in [9.17, 15) is 0 Å². The van der Waals surface area contributed by atoms with Crippen LogP contribution in [0.4, 0.5) is 0 Å². The zero-order valence-corrected chi connectivity index (χ0v) is 7.83. The molecule has 0 fully saturated rings. The summed E-state index contributed by atoms with van der Waals surface area (Å²) in [5.41, 5.74) is -1.19. The van der Waals surface area contributed by atoms with Gasteiger partial charge in [0.15, 0.2) is 0 Å². The van der Waals surface area contributed by atoms with Crippen molar-refractivity contribution in [3.8, 4) is 0 Å². The van der Waals surface area contributed by atoms with Gasteiger partial charge in [-0.15, -0.1) is 0 Å². The maximum Gasteiger partial charge on any atom is 0.105 e. The first-order valence-electron chi connectivity index (χ1n) is 3.91. The van der Waals surface area contributed by atoms with Gasteiger partial charge >= 0.3 is 0 Å². The first kappa shape index (κ1) is 13.5. The second-order valence-electron chi connectivity index (χ2n) is 3.06. The van der Waals surface area contributed by atoms with Crippen LogP contribution in [0.15, 0.2) is 0 Å². The van der Waals surface area contributed by atoms with E-state index in [0.717, 1.165) is 0 Å². The molecule has 0 heterocycles. The molecule has 0 amide bonds. The van der Waals surface area contributed by atoms with Crippen LogP contribution in [0.2, 0.25) is 0 Å². The number of hydrogen-bond donors (Lipinski definition) is 3. The van der Waals surface area contributed by atoms with Crippen molar-refractivity contribution < 1.29 is 15.3 Å². The van der Waals surface area contributed by atoms with Gasteiger partial charge in [-0.05, 0) is 13.8 Å². The molecule has 3 nitrogen and oxygen atoms in total. The molecule has 0 rings (SSSR count). The number of aliphatic hydroxyl groups is 3. The highest BCUT2D eigenvalue weighted by molar-refractivity contribution is 4.74. The van der Waals surface area contributed by atoms with E-state index in [4.69, 9.17) is 15.3 Å². The number of rotatable bonds is 2. The van der Waals surface area contributed by atoms with Crippen LogP contribution in [0.5, 0.6) is 0 Å². The lowest BCUT2D eigenvalue weighted by molar-refractivity contribution is -0.0707. The summed E-state index contributed by atoms with van der Waals surface area (Å²) in [5.74, 6) is 0. The largest absolute Gasteiger partial charge is 0.394 e. The molecule has 0 aromatic heterocycles. The van der Waals surface area contributed by atoms with Crippen LogP contribution in [0.3, 0.4) is 0 Å². The van der Waals surface area contributed by atoms with Gasteiger partial charge in [-0.3, -0.25) is 0 Å². The Morgan fingerprint density at radius 1 is 1.27 bits per heavy atom. The SMILES string of the molecule is CC(C)(O)[C@@H](O)CO.CCC. The van der Waals surface area contributed by atoms with Gasteiger partial charge in [0.25, 0.3) is 0 Å². The highest BCUT2D eigenvalue weighted by Crippen LogP contribution is 2.05. The van der Waals surface area contributed by atoms with Crippen molar-refractivity contribution in [1.82, 2.24) is 0 Å². The van der Waals surface area contributed by atoms with Crippen LogP contribution < -0.4 is 0 Å². The Bertz CT molecular complexity index is 75.9. The van der Waals surface area contributed by atoms with Crippen molar-refractivity contribution in [2.24, 2.45) is 0 Å². The molecule has 0 aliphatic heterocycles. The maximum atomic E-state index is 8.88. The van der Waals surface area contributed by atoms with E-state index in [2.05, 4.69) is 13.8 Å². The third-order valence-electron chi connectivity index (χ3n) is 0.988. The lowest BCUT2D eigenvalue weighted by Crippen LogP contribution is -2.38. The normalized spacial score (nSPS) is 13.4. The van der Waals surface area contributed by atoms with E-state index in [1.165, 1.54) is 20.3 Å². The topological polar surface area (TPSA) is 60.7 Å². The van der Waals surface area contributed by atoms with Crippen molar-refractivity contribution in [3.05, 3.63) is 0 Å². The molecule has 0 unspecified atom stereocenters. The van der Waals surface area contributed by atoms with E-state index in [1.54, 1.807) is 0 Å². The molecular weight excluding hydrogens is 144 g/mol. The molecule has 0 aromatic rings. The minimum Gasteiger partial charge on any atom is -0.394 e. The molecule has 0 saturated carbocycles. The summed E-state index contributed by atoms with van der Waals surface area (Å²) in [7, 11) is 0. The van der Waals surface area contributed by atoms with Crippen molar-refractivity contribution >= 4 is 0 Å². The van der Waals surface area contributed by atoms with E-state index < -0.39 is 18.3 Å². The van der Waals surface area contributed by atoms with Gasteiger partial charge in [0, 0.05) is 0 Å². The Morgan fingerprint density at radius 2 is 1.55 bits per heavy atom. The molecule has 0 aliphatic rings. The average Bonchev–Trinajstić information content (AvgIpc) is 1.86. The van der Waals surface area contributed by atoms with Crippen molar-refractivity contribution in [2.75, 3.05) is 6.61 Å². The minimum atomic E-state index is -1.19. The molecule has 0 aromatic carbocycles. The highest BCUT2D eigenvalue weighted by Gasteiger charge is 2.22. The summed E-state index contributed by atoms with van der Waals surface area (Å²) in [6, 6.07) is 0. The average molecular weight is 164 g/mol. The van der Waals surface area contributed by atoms with Crippen LogP contribution in [-0.2, 0) is 0 Å². The predicted molar refractivity (Wildman–Crippen MR) is 45.4 cm³/mol. The molecule has 1 atom stereocenters. The fourth-order valence-corrected chi connectivity index (χ4v) is 0.223. The Hall–Kier alpha value is -0.120. The summed E-state index contributed by atoms with van der Waals surface area (Å²) in [5, 5.41) is 25.8. The van der Waals surface area contributed by atoms with Gasteiger partial charge in [-0.1, -0.05) is 20.3 Å². The van der Waals surface area contributed by atoms with E-state index in [-0.39, 0.29) is 0 Å². The zero-order valence-electron chi connectivity index (χ0n) is 7.83. The predicted octanol–water partition coefficient (Wildman–Crippen LogP) is 0.527. The molecule has 0 radical (unpaired) electrons. The van der Waals surface area contributed by atoms with Crippen LogP contribution in [0.1, 0.15) is 34.1 Å². The summed E-state index contributed by atoms with van der Waals surface area (Å²) in [6.45, 7) is 6.73. The molecule has 0 spiro atoms. The summed E-state index contributed by atoms with van der Waals surface area (Å²) < 4.78 is 0. The second-order valence-corrected chi connectivity index (χ2v) is 3.06. The van der Waals surface area contributed by atoms with Crippen LogP contribution in [0.25, 0.3) is 0 Å². The molecule has 0 saturated heterocycles. The van der Waals surface area contributed by atoms with Crippen molar-refractivity contribution in [2.45, 2.75) is 45.8 Å². The maximum absolute atomic E-state index is 8.88. The third kappa shape index (κ3) is 9.88. The van der Waals surface area contributed by atoms with Crippen molar-refractivity contribution in [1.29, 1.82) is 0 Å². The summed E-state index contributed by atoms with van der Waals surface area (Å²) in [4.78, 5) is 0. The van der Waals surface area contributed by atoms with Crippen LogP contribution in [-0.4, -0.2) is 33.6 Å². The zero-order chi connectivity index (χ0) is 9.49. The molecule has 0 bridgehead atoms. The summed E-state index contributed by atoms with van der Waals surface area (Å²) in [6.07, 6.45) is 0.211. The first-order chi connectivity index (χ1) is 4.90.